The second-order valence-corrected chi connectivity index (χ2v) is 4.24. The molecule has 2 heteroatoms. The molecule has 16 heavy (non-hydrogen) atoms. The van der Waals surface area contributed by atoms with Crippen molar-refractivity contribution in [2.45, 2.75) is 34.1 Å². The third kappa shape index (κ3) is 2.93. The highest BCUT2D eigenvalue weighted by Crippen LogP contribution is 2.18. The Labute approximate surface area is 97.6 Å². The number of aryl methyl sites for hydroxylation is 1. The van der Waals surface area contributed by atoms with E-state index in [1.807, 2.05) is 13.0 Å². The predicted molar refractivity (Wildman–Crippen MR) is 66.8 cm³/mol. The molecule has 0 bridgehead atoms. The molecule has 1 heterocycles. The summed E-state index contributed by atoms with van der Waals surface area (Å²) < 4.78 is 0. The minimum atomic E-state index is 0.482. The lowest BCUT2D eigenvalue weighted by molar-refractivity contribution is 0.738. The van der Waals surface area contributed by atoms with Gasteiger partial charge in [-0.15, -0.1) is 0 Å². The minimum absolute atomic E-state index is 0.482. The van der Waals surface area contributed by atoms with Crippen molar-refractivity contribution in [1.82, 2.24) is 4.98 Å². The van der Waals surface area contributed by atoms with E-state index in [2.05, 4.69) is 37.9 Å². The first kappa shape index (κ1) is 12.4. The fraction of sp³-hybridized carbons (Fsp3) is 0.429. The van der Waals surface area contributed by atoms with Crippen molar-refractivity contribution < 1.29 is 0 Å². The molecule has 0 saturated carbocycles. The number of nitrogens with zero attached hydrogens (tertiary/aromatic N) is 2. The second kappa shape index (κ2) is 5.46. The van der Waals surface area contributed by atoms with Gasteiger partial charge in [-0.2, -0.15) is 5.26 Å². The molecule has 0 atom stereocenters. The predicted octanol–water partition coefficient (Wildman–Crippen LogP) is 3.71. The topological polar surface area (TPSA) is 36.7 Å². The number of hydrogen-bond donors (Lipinski definition) is 0. The van der Waals surface area contributed by atoms with E-state index >= 15 is 0 Å². The summed E-state index contributed by atoms with van der Waals surface area (Å²) in [5.74, 6) is 0.525. The molecule has 0 aromatic carbocycles. The van der Waals surface area contributed by atoms with Crippen molar-refractivity contribution in [2.24, 2.45) is 5.92 Å². The van der Waals surface area contributed by atoms with E-state index in [4.69, 9.17) is 5.26 Å². The second-order valence-electron chi connectivity index (χ2n) is 4.24. The van der Waals surface area contributed by atoms with Crippen LogP contribution < -0.4 is 0 Å². The smallest absolute Gasteiger partial charge is 0.141 e. The van der Waals surface area contributed by atoms with E-state index in [1.54, 1.807) is 6.07 Å². The van der Waals surface area contributed by atoms with Gasteiger partial charge in [0.1, 0.15) is 11.8 Å². The fourth-order valence-corrected chi connectivity index (χ4v) is 1.61. The van der Waals surface area contributed by atoms with E-state index in [-0.39, 0.29) is 0 Å². The van der Waals surface area contributed by atoms with Crippen LogP contribution in [0, 0.1) is 24.2 Å². The molecule has 0 aliphatic rings. The van der Waals surface area contributed by atoms with Crippen LogP contribution in [0.1, 0.15) is 44.1 Å². The number of aromatic nitrogens is 1. The first-order valence-electron chi connectivity index (χ1n) is 5.66. The molecule has 0 fully saturated rings. The van der Waals surface area contributed by atoms with Crippen LogP contribution in [0.25, 0.3) is 6.08 Å². The van der Waals surface area contributed by atoms with E-state index in [0.29, 0.717) is 11.6 Å². The van der Waals surface area contributed by atoms with Crippen LogP contribution in [-0.2, 0) is 0 Å². The third-order valence-corrected chi connectivity index (χ3v) is 2.72. The van der Waals surface area contributed by atoms with Gasteiger partial charge in [0.15, 0.2) is 0 Å². The number of pyridine rings is 1. The average molecular weight is 214 g/mol. The normalized spacial score (nSPS) is 11.6. The highest BCUT2D eigenvalue weighted by Gasteiger charge is 2.04. The molecule has 0 aliphatic heterocycles. The van der Waals surface area contributed by atoms with Gasteiger partial charge >= 0.3 is 0 Å². The summed E-state index contributed by atoms with van der Waals surface area (Å²) in [5, 5.41) is 8.82. The Balaban J connectivity index is 3.18. The Kier molecular flexibility index (Phi) is 4.25. The Hall–Kier alpha value is -1.62. The Morgan fingerprint density at radius 1 is 1.50 bits per heavy atom. The van der Waals surface area contributed by atoms with Crippen molar-refractivity contribution in [3.8, 4) is 6.07 Å². The van der Waals surface area contributed by atoms with Gasteiger partial charge in [-0.25, -0.2) is 4.98 Å². The Bertz CT molecular complexity index is 437. The molecule has 1 aromatic rings. The average Bonchev–Trinajstić information content (AvgIpc) is 2.27. The molecular weight excluding hydrogens is 196 g/mol. The van der Waals surface area contributed by atoms with Crippen molar-refractivity contribution in [2.75, 3.05) is 0 Å². The summed E-state index contributed by atoms with van der Waals surface area (Å²) >= 11 is 0. The molecule has 0 radical (unpaired) electrons. The van der Waals surface area contributed by atoms with Crippen LogP contribution >= 0.6 is 0 Å². The zero-order chi connectivity index (χ0) is 12.1. The van der Waals surface area contributed by atoms with Gasteiger partial charge in [0, 0.05) is 0 Å². The maximum absolute atomic E-state index is 8.82. The van der Waals surface area contributed by atoms with Crippen LogP contribution in [0.5, 0.6) is 0 Å². The molecule has 0 N–H and O–H groups in total. The van der Waals surface area contributed by atoms with Crippen molar-refractivity contribution in [3.05, 3.63) is 34.7 Å². The Morgan fingerprint density at radius 2 is 2.19 bits per heavy atom. The van der Waals surface area contributed by atoms with Crippen LogP contribution in [0.2, 0.25) is 0 Å². The highest BCUT2D eigenvalue weighted by molar-refractivity contribution is 5.53. The van der Waals surface area contributed by atoms with Crippen LogP contribution in [-0.4, -0.2) is 4.98 Å². The molecule has 2 nitrogen and oxygen atoms in total. The number of rotatable bonds is 3. The zero-order valence-corrected chi connectivity index (χ0v) is 10.4. The standard InChI is InChI=1S/C14H18N2/c1-5-12(10(2)3)8-14-11(4)6-7-13(9-15)16-14/h6-8,10H,5H2,1-4H3/b12-8+. The molecule has 0 amide bonds. The number of allylic oxidation sites excluding steroid dienone is 1. The van der Waals surface area contributed by atoms with Gasteiger partial charge in [-0.3, -0.25) is 0 Å². The van der Waals surface area contributed by atoms with Crippen molar-refractivity contribution >= 4 is 6.08 Å². The molecule has 0 spiro atoms. The van der Waals surface area contributed by atoms with Gasteiger partial charge in [0.25, 0.3) is 0 Å². The summed E-state index contributed by atoms with van der Waals surface area (Å²) in [4.78, 5) is 4.32. The van der Waals surface area contributed by atoms with E-state index in [0.717, 1.165) is 17.7 Å². The zero-order valence-electron chi connectivity index (χ0n) is 10.4. The maximum atomic E-state index is 8.82. The summed E-state index contributed by atoms with van der Waals surface area (Å²) in [6.45, 7) is 8.53. The van der Waals surface area contributed by atoms with Gasteiger partial charge in [0.2, 0.25) is 0 Å². The summed E-state index contributed by atoms with van der Waals surface area (Å²) in [5.41, 5.74) is 3.89. The molecule has 1 rings (SSSR count). The molecule has 84 valence electrons. The SMILES string of the molecule is CC/C(=C\c1nc(C#N)ccc1C)C(C)C. The van der Waals surface area contributed by atoms with Gasteiger partial charge in [0.05, 0.1) is 5.69 Å². The quantitative estimate of drug-likeness (QED) is 0.769. The van der Waals surface area contributed by atoms with Crippen LogP contribution in [0.15, 0.2) is 17.7 Å². The van der Waals surface area contributed by atoms with Crippen LogP contribution in [0.4, 0.5) is 0 Å². The highest BCUT2D eigenvalue weighted by atomic mass is 14.7. The minimum Gasteiger partial charge on any atom is -0.237 e. The molecule has 1 aromatic heterocycles. The van der Waals surface area contributed by atoms with Crippen LogP contribution in [0.3, 0.4) is 0 Å². The summed E-state index contributed by atoms with van der Waals surface area (Å²) in [6, 6.07) is 5.78. The molecular formula is C14H18N2. The number of nitriles is 1. The van der Waals surface area contributed by atoms with E-state index in [9.17, 15) is 0 Å². The fourth-order valence-electron chi connectivity index (χ4n) is 1.61. The largest absolute Gasteiger partial charge is 0.237 e. The lowest BCUT2D eigenvalue weighted by atomic mass is 9.98. The first-order chi connectivity index (χ1) is 7.58. The first-order valence-corrected chi connectivity index (χ1v) is 5.66. The van der Waals surface area contributed by atoms with Gasteiger partial charge in [-0.1, -0.05) is 32.4 Å². The molecule has 0 aliphatic carbocycles. The van der Waals surface area contributed by atoms with Crippen molar-refractivity contribution in [3.63, 3.8) is 0 Å². The van der Waals surface area contributed by atoms with Gasteiger partial charge in [-0.05, 0) is 37.0 Å². The van der Waals surface area contributed by atoms with Gasteiger partial charge < -0.3 is 0 Å². The summed E-state index contributed by atoms with van der Waals surface area (Å²) in [6.07, 6.45) is 3.14. The summed E-state index contributed by atoms with van der Waals surface area (Å²) in [7, 11) is 0. The van der Waals surface area contributed by atoms with E-state index in [1.165, 1.54) is 5.57 Å². The maximum Gasteiger partial charge on any atom is 0.141 e. The third-order valence-electron chi connectivity index (χ3n) is 2.72. The lowest BCUT2D eigenvalue weighted by Crippen LogP contribution is -1.96. The van der Waals surface area contributed by atoms with Crippen molar-refractivity contribution in [1.29, 1.82) is 5.26 Å². The number of hydrogen-bond acceptors (Lipinski definition) is 2. The van der Waals surface area contributed by atoms with E-state index < -0.39 is 0 Å². The molecule has 0 unspecified atom stereocenters. The lowest BCUT2D eigenvalue weighted by Gasteiger charge is -2.09. The monoisotopic (exact) mass is 214 g/mol. The Morgan fingerprint density at radius 3 is 2.69 bits per heavy atom. The molecule has 0 saturated heterocycles.